The number of hydrogen-bond donors (Lipinski definition) is 0. The summed E-state index contributed by atoms with van der Waals surface area (Å²) in [6.07, 6.45) is 1.42. The second-order valence-electron chi connectivity index (χ2n) is 5.63. The maximum absolute atomic E-state index is 11.6. The van der Waals surface area contributed by atoms with E-state index in [-0.39, 0.29) is 5.54 Å². The predicted octanol–water partition coefficient (Wildman–Crippen LogP) is 0.987. The Balaban J connectivity index is 2.13. The quantitative estimate of drug-likeness (QED) is 0.761. The lowest BCUT2D eigenvalue weighted by Crippen LogP contribution is -2.57. The average molecular weight is 267 g/mol. The molecule has 0 amide bonds. The predicted molar refractivity (Wildman–Crippen MR) is 69.8 cm³/mol. The molecule has 19 heavy (non-hydrogen) atoms. The number of methoxy groups -OCH3 is 1. The summed E-state index contributed by atoms with van der Waals surface area (Å²) in [5.74, 6) is 0.174. The number of likely N-dealkylation sites (N-methyl/N-ethyl adjacent to an activating group) is 1. The molecule has 6 heteroatoms. The summed E-state index contributed by atoms with van der Waals surface area (Å²) < 4.78 is 9.93. The fourth-order valence-corrected chi connectivity index (χ4v) is 2.55. The molecule has 0 spiro atoms. The van der Waals surface area contributed by atoms with E-state index < -0.39 is 5.97 Å². The van der Waals surface area contributed by atoms with E-state index in [2.05, 4.69) is 35.9 Å². The van der Waals surface area contributed by atoms with Crippen LogP contribution < -0.4 is 0 Å². The third kappa shape index (κ3) is 2.96. The van der Waals surface area contributed by atoms with Crippen molar-refractivity contribution < 1.29 is 14.1 Å². The van der Waals surface area contributed by atoms with E-state index in [0.717, 1.165) is 19.6 Å². The number of nitrogens with zero attached hydrogens (tertiary/aromatic N) is 3. The zero-order chi connectivity index (χ0) is 14.0. The Morgan fingerprint density at radius 2 is 2.26 bits per heavy atom. The molecule has 106 valence electrons. The first-order valence-corrected chi connectivity index (χ1v) is 6.39. The normalized spacial score (nSPS) is 20.4. The molecule has 0 radical (unpaired) electrons. The number of aromatic nitrogens is 1. The highest BCUT2D eigenvalue weighted by Crippen LogP contribution is 2.23. The Hall–Kier alpha value is -1.40. The van der Waals surface area contributed by atoms with Crippen molar-refractivity contribution in [1.29, 1.82) is 0 Å². The summed E-state index contributed by atoms with van der Waals surface area (Å²) in [6, 6.07) is 0. The molecule has 0 bridgehead atoms. The fraction of sp³-hybridized carbons (Fsp3) is 0.692. The van der Waals surface area contributed by atoms with Crippen LogP contribution in [0, 0.1) is 0 Å². The van der Waals surface area contributed by atoms with Gasteiger partial charge >= 0.3 is 5.97 Å². The number of ether oxygens (including phenoxy) is 1. The van der Waals surface area contributed by atoms with Gasteiger partial charge in [-0.1, -0.05) is 5.16 Å². The minimum absolute atomic E-state index is 0.0349. The Labute approximate surface area is 113 Å². The van der Waals surface area contributed by atoms with Gasteiger partial charge in [0.25, 0.3) is 0 Å². The van der Waals surface area contributed by atoms with E-state index in [4.69, 9.17) is 9.26 Å². The highest BCUT2D eigenvalue weighted by molar-refractivity contribution is 5.89. The van der Waals surface area contributed by atoms with E-state index in [1.807, 2.05) is 0 Å². The van der Waals surface area contributed by atoms with Crippen LogP contribution in [0.2, 0.25) is 0 Å². The van der Waals surface area contributed by atoms with Gasteiger partial charge in [-0.15, -0.1) is 0 Å². The molecular formula is C13H21N3O3. The van der Waals surface area contributed by atoms with Crippen LogP contribution in [0.4, 0.5) is 0 Å². The van der Waals surface area contributed by atoms with Crippen molar-refractivity contribution in [2.24, 2.45) is 0 Å². The molecule has 2 heterocycles. The highest BCUT2D eigenvalue weighted by Gasteiger charge is 2.33. The molecule has 6 nitrogen and oxygen atoms in total. The van der Waals surface area contributed by atoms with E-state index >= 15 is 0 Å². The molecule has 1 aromatic heterocycles. The molecule has 1 aliphatic heterocycles. The molecule has 0 aromatic carbocycles. The van der Waals surface area contributed by atoms with Gasteiger partial charge < -0.3 is 14.2 Å². The third-order valence-corrected chi connectivity index (χ3v) is 3.65. The van der Waals surface area contributed by atoms with Gasteiger partial charge in [-0.3, -0.25) is 4.90 Å². The minimum Gasteiger partial charge on any atom is -0.465 e. The largest absolute Gasteiger partial charge is 0.465 e. The summed E-state index contributed by atoms with van der Waals surface area (Å²) in [4.78, 5) is 16.2. The standard InChI is InChI=1S/C13H21N3O3/c1-13(2)9-15(3)5-6-16(13)8-11-10(7-14-19-11)12(17)18-4/h7H,5-6,8-9H2,1-4H3. The Morgan fingerprint density at radius 3 is 2.89 bits per heavy atom. The molecule has 1 fully saturated rings. The van der Waals surface area contributed by atoms with Crippen LogP contribution in [0.1, 0.15) is 30.0 Å². The van der Waals surface area contributed by atoms with Crippen LogP contribution in [0.3, 0.4) is 0 Å². The van der Waals surface area contributed by atoms with Crippen molar-refractivity contribution in [2.45, 2.75) is 25.9 Å². The molecule has 0 atom stereocenters. The van der Waals surface area contributed by atoms with Crippen molar-refractivity contribution in [1.82, 2.24) is 15.0 Å². The molecule has 0 saturated carbocycles. The molecule has 2 rings (SSSR count). The van der Waals surface area contributed by atoms with Crippen LogP contribution in [-0.4, -0.2) is 60.3 Å². The zero-order valence-electron chi connectivity index (χ0n) is 12.0. The smallest absolute Gasteiger partial charge is 0.343 e. The zero-order valence-corrected chi connectivity index (χ0v) is 12.0. The molecule has 0 unspecified atom stereocenters. The average Bonchev–Trinajstić information content (AvgIpc) is 2.79. The number of hydrogen-bond acceptors (Lipinski definition) is 6. The van der Waals surface area contributed by atoms with Crippen LogP contribution in [0.25, 0.3) is 0 Å². The van der Waals surface area contributed by atoms with Gasteiger partial charge in [0.15, 0.2) is 5.76 Å². The lowest BCUT2D eigenvalue weighted by atomic mass is 9.98. The summed E-state index contributed by atoms with van der Waals surface area (Å²) in [5.41, 5.74) is 0.449. The van der Waals surface area contributed by atoms with E-state index in [1.54, 1.807) is 0 Å². The van der Waals surface area contributed by atoms with Crippen LogP contribution in [0.5, 0.6) is 0 Å². The van der Waals surface area contributed by atoms with Gasteiger partial charge in [-0.05, 0) is 20.9 Å². The van der Waals surface area contributed by atoms with Crippen LogP contribution in [-0.2, 0) is 11.3 Å². The van der Waals surface area contributed by atoms with Crippen molar-refractivity contribution in [3.8, 4) is 0 Å². The second kappa shape index (κ2) is 5.30. The number of esters is 1. The molecular weight excluding hydrogens is 246 g/mol. The maximum Gasteiger partial charge on any atom is 0.343 e. The number of piperazine rings is 1. The summed E-state index contributed by atoms with van der Waals surface area (Å²) in [7, 11) is 3.48. The van der Waals surface area contributed by atoms with Gasteiger partial charge in [0.05, 0.1) is 19.9 Å². The SMILES string of the molecule is COC(=O)c1cnoc1CN1CCN(C)CC1(C)C. The topological polar surface area (TPSA) is 58.8 Å². The minimum atomic E-state index is -0.400. The number of carbonyl (C=O) groups is 1. The monoisotopic (exact) mass is 267 g/mol. The first-order chi connectivity index (χ1) is 8.94. The lowest BCUT2D eigenvalue weighted by Gasteiger charge is -2.45. The molecule has 1 saturated heterocycles. The molecule has 1 aromatic rings. The van der Waals surface area contributed by atoms with Gasteiger partial charge in [0, 0.05) is 25.2 Å². The van der Waals surface area contributed by atoms with Gasteiger partial charge in [-0.2, -0.15) is 0 Å². The van der Waals surface area contributed by atoms with Gasteiger partial charge in [0.1, 0.15) is 5.56 Å². The summed E-state index contributed by atoms with van der Waals surface area (Å²) >= 11 is 0. The molecule has 1 aliphatic rings. The molecule has 0 aliphatic carbocycles. The van der Waals surface area contributed by atoms with Gasteiger partial charge in [0.2, 0.25) is 0 Å². The van der Waals surface area contributed by atoms with Crippen molar-refractivity contribution >= 4 is 5.97 Å². The number of rotatable bonds is 3. The summed E-state index contributed by atoms with van der Waals surface area (Å²) in [6.45, 7) is 7.88. The Kier molecular flexibility index (Phi) is 3.91. The second-order valence-corrected chi connectivity index (χ2v) is 5.63. The van der Waals surface area contributed by atoms with E-state index in [0.29, 0.717) is 17.9 Å². The fourth-order valence-electron chi connectivity index (χ4n) is 2.55. The van der Waals surface area contributed by atoms with Crippen LogP contribution >= 0.6 is 0 Å². The van der Waals surface area contributed by atoms with Gasteiger partial charge in [-0.25, -0.2) is 4.79 Å². The van der Waals surface area contributed by atoms with Crippen LogP contribution in [0.15, 0.2) is 10.7 Å². The van der Waals surface area contributed by atoms with E-state index in [9.17, 15) is 4.79 Å². The Morgan fingerprint density at radius 1 is 1.53 bits per heavy atom. The van der Waals surface area contributed by atoms with Crippen molar-refractivity contribution in [2.75, 3.05) is 33.8 Å². The maximum atomic E-state index is 11.6. The first-order valence-electron chi connectivity index (χ1n) is 6.39. The Bertz CT molecular complexity index is 456. The first kappa shape index (κ1) is 14.0. The van der Waals surface area contributed by atoms with Crippen molar-refractivity contribution in [3.63, 3.8) is 0 Å². The third-order valence-electron chi connectivity index (χ3n) is 3.65. The molecule has 0 N–H and O–H groups in total. The summed E-state index contributed by atoms with van der Waals surface area (Å²) in [5, 5.41) is 3.71. The van der Waals surface area contributed by atoms with E-state index in [1.165, 1.54) is 13.3 Å². The lowest BCUT2D eigenvalue weighted by molar-refractivity contribution is 0.0187. The van der Waals surface area contributed by atoms with Crippen molar-refractivity contribution in [3.05, 3.63) is 17.5 Å². The highest BCUT2D eigenvalue weighted by atomic mass is 16.5. The number of carbonyl (C=O) groups excluding carboxylic acids is 1.